The number of aromatic nitrogens is 5. The van der Waals surface area contributed by atoms with Crippen molar-refractivity contribution in [1.29, 1.82) is 0 Å². The van der Waals surface area contributed by atoms with Crippen LogP contribution in [0.2, 0.25) is 0 Å². The highest BCUT2D eigenvalue weighted by Crippen LogP contribution is 2.46. The first-order valence-corrected chi connectivity index (χ1v) is 10.4. The van der Waals surface area contributed by atoms with Gasteiger partial charge in [0.1, 0.15) is 29.1 Å². The Morgan fingerprint density at radius 2 is 1.79 bits per heavy atom. The number of para-hydroxylation sites is 2. The van der Waals surface area contributed by atoms with Gasteiger partial charge in [0.2, 0.25) is 0 Å². The van der Waals surface area contributed by atoms with Crippen molar-refractivity contribution in [2.24, 2.45) is 28.9 Å². The fraction of sp³-hybridized carbons (Fsp3) is 0.500. The number of aryl methyl sites for hydroxylation is 3. The number of fused-ring (bicyclic) bond motifs is 1. The SMILES string of the molecule is CC1=NC(C2CC(c3nc4ccccc4n3C)C2)C(C)C(n2nc(C)nc2C)=N1. The molecule has 150 valence electrons. The van der Waals surface area contributed by atoms with Crippen LogP contribution in [0, 0.1) is 25.7 Å². The molecule has 5 rings (SSSR count). The summed E-state index contributed by atoms with van der Waals surface area (Å²) in [5, 5.41) is 4.56. The van der Waals surface area contributed by atoms with Crippen LogP contribution in [0.1, 0.15) is 50.1 Å². The minimum Gasteiger partial charge on any atom is -0.331 e. The molecule has 2 unspecified atom stereocenters. The van der Waals surface area contributed by atoms with E-state index in [0.717, 1.165) is 41.7 Å². The van der Waals surface area contributed by atoms with Crippen LogP contribution in [0.25, 0.3) is 11.0 Å². The Hall–Kier alpha value is -2.83. The first kappa shape index (κ1) is 18.2. The highest BCUT2D eigenvalue weighted by molar-refractivity contribution is 6.00. The Morgan fingerprint density at radius 1 is 1.03 bits per heavy atom. The van der Waals surface area contributed by atoms with Crippen molar-refractivity contribution in [2.75, 3.05) is 0 Å². The molecule has 2 aliphatic rings. The van der Waals surface area contributed by atoms with Crippen molar-refractivity contribution >= 4 is 22.7 Å². The summed E-state index contributed by atoms with van der Waals surface area (Å²) in [6, 6.07) is 8.60. The summed E-state index contributed by atoms with van der Waals surface area (Å²) in [6.45, 7) is 8.11. The Kier molecular flexibility index (Phi) is 4.15. The number of aliphatic imine (C=N–C) groups is 2. The van der Waals surface area contributed by atoms with Crippen molar-refractivity contribution in [3.8, 4) is 0 Å². The quantitative estimate of drug-likeness (QED) is 0.671. The summed E-state index contributed by atoms with van der Waals surface area (Å²) >= 11 is 0. The van der Waals surface area contributed by atoms with Gasteiger partial charge in [0, 0.05) is 18.9 Å². The average Bonchev–Trinajstić information content (AvgIpc) is 3.16. The summed E-state index contributed by atoms with van der Waals surface area (Å²) in [7, 11) is 2.13. The third-order valence-electron chi connectivity index (χ3n) is 6.47. The van der Waals surface area contributed by atoms with Crippen molar-refractivity contribution in [2.45, 2.75) is 52.5 Å². The average molecular weight is 390 g/mol. The van der Waals surface area contributed by atoms with Crippen LogP contribution >= 0.6 is 0 Å². The number of rotatable bonds is 2. The van der Waals surface area contributed by atoms with Gasteiger partial charge in [-0.15, -0.1) is 0 Å². The lowest BCUT2D eigenvalue weighted by atomic mass is 9.67. The van der Waals surface area contributed by atoms with Gasteiger partial charge in [-0.3, -0.25) is 4.99 Å². The lowest BCUT2D eigenvalue weighted by molar-refractivity contribution is 0.193. The van der Waals surface area contributed by atoms with Crippen LogP contribution in [0.4, 0.5) is 0 Å². The van der Waals surface area contributed by atoms with Gasteiger partial charge in [-0.2, -0.15) is 5.10 Å². The van der Waals surface area contributed by atoms with Crippen LogP contribution in [-0.4, -0.2) is 42.0 Å². The van der Waals surface area contributed by atoms with E-state index in [0.29, 0.717) is 11.8 Å². The van der Waals surface area contributed by atoms with E-state index in [-0.39, 0.29) is 12.0 Å². The van der Waals surface area contributed by atoms with Crippen LogP contribution in [-0.2, 0) is 7.05 Å². The van der Waals surface area contributed by atoms with E-state index in [1.54, 1.807) is 0 Å². The first-order chi connectivity index (χ1) is 13.9. The molecule has 3 aromatic rings. The fourth-order valence-electron chi connectivity index (χ4n) is 4.95. The zero-order valence-corrected chi connectivity index (χ0v) is 17.7. The summed E-state index contributed by atoms with van der Waals surface area (Å²) in [5.41, 5.74) is 2.29. The Labute approximate surface area is 170 Å². The van der Waals surface area contributed by atoms with E-state index in [1.807, 2.05) is 25.5 Å². The summed E-state index contributed by atoms with van der Waals surface area (Å²) in [4.78, 5) is 19.0. The molecule has 0 radical (unpaired) electrons. The molecule has 1 aromatic carbocycles. The van der Waals surface area contributed by atoms with E-state index in [1.165, 1.54) is 11.3 Å². The van der Waals surface area contributed by atoms with Crippen molar-refractivity contribution in [3.63, 3.8) is 0 Å². The van der Waals surface area contributed by atoms with Gasteiger partial charge in [0.15, 0.2) is 0 Å². The van der Waals surface area contributed by atoms with Gasteiger partial charge < -0.3 is 4.57 Å². The predicted octanol–water partition coefficient (Wildman–Crippen LogP) is 3.66. The minimum atomic E-state index is 0.213. The summed E-state index contributed by atoms with van der Waals surface area (Å²) < 4.78 is 4.15. The monoisotopic (exact) mass is 389 g/mol. The molecule has 1 aliphatic heterocycles. The number of hydrogen-bond acceptors (Lipinski definition) is 5. The van der Waals surface area contributed by atoms with Gasteiger partial charge in [-0.25, -0.2) is 19.6 Å². The fourth-order valence-corrected chi connectivity index (χ4v) is 4.95. The third-order valence-corrected chi connectivity index (χ3v) is 6.47. The summed E-state index contributed by atoms with van der Waals surface area (Å²) in [6.07, 6.45) is 2.23. The highest BCUT2D eigenvalue weighted by Gasteiger charge is 2.43. The molecule has 0 amide bonds. The molecule has 0 N–H and O–H groups in total. The number of amidine groups is 1. The Balaban J connectivity index is 1.37. The molecule has 0 bridgehead atoms. The molecule has 1 aliphatic carbocycles. The molecule has 0 saturated heterocycles. The Morgan fingerprint density at radius 3 is 2.48 bits per heavy atom. The molecule has 7 nitrogen and oxygen atoms in total. The predicted molar refractivity (Wildman–Crippen MR) is 115 cm³/mol. The molecule has 1 fully saturated rings. The largest absolute Gasteiger partial charge is 0.331 e. The van der Waals surface area contributed by atoms with E-state index < -0.39 is 0 Å². The van der Waals surface area contributed by atoms with Crippen LogP contribution in [0.3, 0.4) is 0 Å². The second-order valence-electron chi connectivity index (χ2n) is 8.49. The second-order valence-corrected chi connectivity index (χ2v) is 8.49. The lowest BCUT2D eigenvalue weighted by Crippen LogP contribution is -2.43. The number of hydrogen-bond donors (Lipinski definition) is 0. The van der Waals surface area contributed by atoms with Crippen LogP contribution in [0.15, 0.2) is 34.3 Å². The van der Waals surface area contributed by atoms with Gasteiger partial charge in [-0.05, 0) is 51.7 Å². The number of benzene rings is 1. The van der Waals surface area contributed by atoms with Gasteiger partial charge in [0.05, 0.1) is 17.1 Å². The number of nitrogens with zero attached hydrogens (tertiary/aromatic N) is 7. The zero-order chi connectivity index (χ0) is 20.3. The summed E-state index contributed by atoms with van der Waals surface area (Å²) in [5.74, 6) is 5.91. The molecule has 1 saturated carbocycles. The maximum absolute atomic E-state index is 4.93. The van der Waals surface area contributed by atoms with Crippen molar-refractivity contribution < 1.29 is 0 Å². The minimum absolute atomic E-state index is 0.213. The van der Waals surface area contributed by atoms with Crippen LogP contribution in [0.5, 0.6) is 0 Å². The molecule has 3 heterocycles. The van der Waals surface area contributed by atoms with Crippen LogP contribution < -0.4 is 0 Å². The molecular formula is C22H27N7. The normalized spacial score (nSPS) is 26.9. The third kappa shape index (κ3) is 2.91. The van der Waals surface area contributed by atoms with E-state index in [4.69, 9.17) is 15.0 Å². The first-order valence-electron chi connectivity index (χ1n) is 10.4. The highest BCUT2D eigenvalue weighted by atomic mass is 15.4. The molecule has 29 heavy (non-hydrogen) atoms. The maximum Gasteiger partial charge on any atom is 0.148 e. The van der Waals surface area contributed by atoms with Crippen molar-refractivity contribution in [1.82, 2.24) is 24.3 Å². The number of imidazole rings is 1. The molecule has 2 aromatic heterocycles. The smallest absolute Gasteiger partial charge is 0.148 e. The molecule has 7 heteroatoms. The Bertz CT molecular complexity index is 1140. The van der Waals surface area contributed by atoms with Crippen molar-refractivity contribution in [3.05, 3.63) is 41.7 Å². The molecule has 2 atom stereocenters. The maximum atomic E-state index is 4.93. The van der Waals surface area contributed by atoms with Gasteiger partial charge in [0.25, 0.3) is 0 Å². The standard InChI is InChI=1S/C22H27N7/c1-12-20(24-13(2)25-21(12)29-15(4)23-14(3)27-29)16-10-17(11-16)22-26-18-8-6-7-9-19(18)28(22)5/h6-9,12,16-17,20H,10-11H2,1-5H3. The second kappa shape index (κ2) is 6.61. The lowest BCUT2D eigenvalue weighted by Gasteiger charge is -2.42. The zero-order valence-electron chi connectivity index (χ0n) is 17.7. The van der Waals surface area contributed by atoms with Gasteiger partial charge >= 0.3 is 0 Å². The van der Waals surface area contributed by atoms with E-state index in [2.05, 4.69) is 52.9 Å². The van der Waals surface area contributed by atoms with E-state index in [9.17, 15) is 0 Å². The molecule has 0 spiro atoms. The topological polar surface area (TPSA) is 73.2 Å². The molecular weight excluding hydrogens is 362 g/mol. The van der Waals surface area contributed by atoms with Gasteiger partial charge in [-0.1, -0.05) is 19.1 Å². The van der Waals surface area contributed by atoms with E-state index >= 15 is 0 Å².